The van der Waals surface area contributed by atoms with Crippen molar-refractivity contribution in [2.24, 2.45) is 0 Å². The fourth-order valence-corrected chi connectivity index (χ4v) is 4.06. The van der Waals surface area contributed by atoms with Crippen LogP contribution in [0.4, 0.5) is 0 Å². The zero-order chi connectivity index (χ0) is 23.5. The van der Waals surface area contributed by atoms with Crippen LogP contribution in [0.3, 0.4) is 0 Å². The number of cyclic esters (lactones) is 1. The molecule has 1 amide bonds. The molecule has 0 radical (unpaired) electrons. The van der Waals surface area contributed by atoms with Crippen LogP contribution in [0.5, 0.6) is 23.0 Å². The Labute approximate surface area is 192 Å². The maximum Gasteiger partial charge on any atom is 0.342 e. The number of esters is 1. The van der Waals surface area contributed by atoms with E-state index in [2.05, 4.69) is 5.32 Å². The number of amides is 1. The van der Waals surface area contributed by atoms with Crippen LogP contribution in [0.15, 0.2) is 29.8 Å². The van der Waals surface area contributed by atoms with Crippen LogP contribution >= 0.6 is 0 Å². The van der Waals surface area contributed by atoms with Crippen LogP contribution in [-0.2, 0) is 29.1 Å². The Hall–Kier alpha value is -3.68. The molecule has 0 unspecified atom stereocenters. The smallest absolute Gasteiger partial charge is 0.342 e. The van der Waals surface area contributed by atoms with Crippen LogP contribution in [0.2, 0.25) is 0 Å². The van der Waals surface area contributed by atoms with E-state index in [-0.39, 0.29) is 30.6 Å². The second-order valence-electron chi connectivity index (χ2n) is 8.13. The average molecular weight is 453 g/mol. The molecule has 2 aromatic rings. The van der Waals surface area contributed by atoms with Gasteiger partial charge in [-0.1, -0.05) is 17.7 Å². The lowest BCUT2D eigenvalue weighted by Gasteiger charge is -2.15. The fourth-order valence-electron chi connectivity index (χ4n) is 4.06. The van der Waals surface area contributed by atoms with Crippen LogP contribution < -0.4 is 19.5 Å². The van der Waals surface area contributed by atoms with Crippen LogP contribution in [0.25, 0.3) is 0 Å². The monoisotopic (exact) mass is 453 g/mol. The van der Waals surface area contributed by atoms with Crippen LogP contribution in [0, 0.1) is 6.92 Å². The highest BCUT2D eigenvalue weighted by Gasteiger charge is 2.31. The summed E-state index contributed by atoms with van der Waals surface area (Å²) < 4.78 is 21.2. The SMILES string of the molecule is COc1c(C)c2c(c(O)c1CC=C(C)CCC(=O)NCc1ccc3c(c1)OCO3)C(=O)OC2. The number of aromatic hydroxyl groups is 1. The molecule has 0 bridgehead atoms. The molecule has 2 N–H and O–H groups in total. The lowest BCUT2D eigenvalue weighted by Crippen LogP contribution is -2.22. The van der Waals surface area contributed by atoms with Crippen molar-refractivity contribution in [3.63, 3.8) is 0 Å². The van der Waals surface area contributed by atoms with Gasteiger partial charge in [0.05, 0.1) is 7.11 Å². The summed E-state index contributed by atoms with van der Waals surface area (Å²) >= 11 is 0. The van der Waals surface area contributed by atoms with Crippen molar-refractivity contribution < 1.29 is 33.6 Å². The molecule has 0 spiro atoms. The van der Waals surface area contributed by atoms with Gasteiger partial charge < -0.3 is 29.4 Å². The number of rotatable bonds is 8. The Balaban J connectivity index is 1.34. The fraction of sp³-hybridized carbons (Fsp3) is 0.360. The molecule has 0 aromatic heterocycles. The Kier molecular flexibility index (Phi) is 6.44. The van der Waals surface area contributed by atoms with Gasteiger partial charge >= 0.3 is 5.97 Å². The third-order valence-corrected chi connectivity index (χ3v) is 5.98. The Bertz CT molecular complexity index is 1140. The number of methoxy groups -OCH3 is 1. The summed E-state index contributed by atoms with van der Waals surface area (Å²) in [6.07, 6.45) is 3.23. The first-order valence-corrected chi connectivity index (χ1v) is 10.8. The first-order chi connectivity index (χ1) is 15.9. The molecule has 2 heterocycles. The van der Waals surface area contributed by atoms with Gasteiger partial charge in [0, 0.05) is 24.1 Å². The number of phenolic OH excluding ortho intramolecular Hbond substituents is 1. The largest absolute Gasteiger partial charge is 0.507 e. The van der Waals surface area contributed by atoms with Crippen molar-refractivity contribution in [2.75, 3.05) is 13.9 Å². The second-order valence-corrected chi connectivity index (χ2v) is 8.13. The summed E-state index contributed by atoms with van der Waals surface area (Å²) in [5, 5.41) is 13.6. The van der Waals surface area contributed by atoms with E-state index in [1.807, 2.05) is 38.1 Å². The first-order valence-electron chi connectivity index (χ1n) is 10.8. The van der Waals surface area contributed by atoms with E-state index in [9.17, 15) is 14.7 Å². The van der Waals surface area contributed by atoms with Gasteiger partial charge in [-0.2, -0.15) is 0 Å². The molecule has 0 atom stereocenters. The van der Waals surface area contributed by atoms with Crippen molar-refractivity contribution >= 4 is 11.9 Å². The van der Waals surface area contributed by atoms with Gasteiger partial charge in [-0.3, -0.25) is 4.79 Å². The van der Waals surface area contributed by atoms with Gasteiger partial charge in [0.15, 0.2) is 11.5 Å². The van der Waals surface area contributed by atoms with E-state index < -0.39 is 5.97 Å². The van der Waals surface area contributed by atoms with Gasteiger partial charge in [0.1, 0.15) is 23.7 Å². The predicted octanol–water partition coefficient (Wildman–Crippen LogP) is 3.69. The molecule has 8 nitrogen and oxygen atoms in total. The first kappa shape index (κ1) is 22.5. The quantitative estimate of drug-likeness (QED) is 0.464. The van der Waals surface area contributed by atoms with E-state index in [4.69, 9.17) is 18.9 Å². The maximum atomic E-state index is 12.3. The summed E-state index contributed by atoms with van der Waals surface area (Å²) in [7, 11) is 1.54. The summed E-state index contributed by atoms with van der Waals surface area (Å²) in [5.74, 6) is 1.28. The molecule has 0 fully saturated rings. The van der Waals surface area contributed by atoms with Crippen molar-refractivity contribution in [3.8, 4) is 23.0 Å². The Morgan fingerprint density at radius 2 is 2.00 bits per heavy atom. The number of allylic oxidation sites excluding steroid dienone is 2. The van der Waals surface area contributed by atoms with Gasteiger partial charge in [-0.25, -0.2) is 4.79 Å². The molecule has 0 saturated carbocycles. The molecule has 2 aliphatic rings. The Morgan fingerprint density at radius 1 is 1.21 bits per heavy atom. The van der Waals surface area contributed by atoms with Gasteiger partial charge in [-0.15, -0.1) is 0 Å². The predicted molar refractivity (Wildman–Crippen MR) is 120 cm³/mol. The number of hydrogen-bond donors (Lipinski definition) is 2. The molecule has 174 valence electrons. The Morgan fingerprint density at radius 3 is 2.79 bits per heavy atom. The van der Waals surface area contributed by atoms with E-state index in [1.54, 1.807) is 0 Å². The number of fused-ring (bicyclic) bond motifs is 2. The lowest BCUT2D eigenvalue weighted by molar-refractivity contribution is -0.121. The van der Waals surface area contributed by atoms with E-state index >= 15 is 0 Å². The summed E-state index contributed by atoms with van der Waals surface area (Å²) in [6.45, 7) is 4.55. The highest BCUT2D eigenvalue weighted by Crippen LogP contribution is 2.42. The van der Waals surface area contributed by atoms with Crippen LogP contribution in [0.1, 0.15) is 52.4 Å². The summed E-state index contributed by atoms with van der Waals surface area (Å²) in [5.41, 5.74) is 4.15. The number of carbonyl (C=O) groups excluding carboxylic acids is 2. The van der Waals surface area contributed by atoms with Gasteiger partial charge in [-0.05, 0) is 49.9 Å². The molecule has 0 saturated heterocycles. The molecule has 0 aliphatic carbocycles. The number of phenols is 1. The summed E-state index contributed by atoms with van der Waals surface area (Å²) in [4.78, 5) is 24.3. The number of nitrogens with one attached hydrogen (secondary N) is 1. The van der Waals surface area contributed by atoms with Crippen LogP contribution in [-0.4, -0.2) is 30.9 Å². The van der Waals surface area contributed by atoms with Crippen molar-refractivity contribution in [1.82, 2.24) is 5.32 Å². The topological polar surface area (TPSA) is 103 Å². The molecule has 4 rings (SSSR count). The highest BCUT2D eigenvalue weighted by molar-refractivity contribution is 5.98. The summed E-state index contributed by atoms with van der Waals surface area (Å²) in [6, 6.07) is 5.59. The second kappa shape index (κ2) is 9.44. The molecular weight excluding hydrogens is 426 g/mol. The minimum atomic E-state index is -0.519. The average Bonchev–Trinajstić information content (AvgIpc) is 3.43. The van der Waals surface area contributed by atoms with E-state index in [0.29, 0.717) is 54.2 Å². The minimum absolute atomic E-state index is 0.0584. The van der Waals surface area contributed by atoms with Gasteiger partial charge in [0.2, 0.25) is 12.7 Å². The number of hydrogen-bond acceptors (Lipinski definition) is 7. The number of carbonyl (C=O) groups is 2. The van der Waals surface area contributed by atoms with Crippen molar-refractivity contribution in [2.45, 2.75) is 46.3 Å². The highest BCUT2D eigenvalue weighted by atomic mass is 16.7. The molecule has 2 aliphatic heterocycles. The third-order valence-electron chi connectivity index (χ3n) is 5.98. The van der Waals surface area contributed by atoms with E-state index in [0.717, 1.165) is 16.7 Å². The van der Waals surface area contributed by atoms with Crippen molar-refractivity contribution in [1.29, 1.82) is 0 Å². The zero-order valence-electron chi connectivity index (χ0n) is 18.9. The zero-order valence-corrected chi connectivity index (χ0v) is 18.9. The third kappa shape index (κ3) is 4.60. The molecule has 33 heavy (non-hydrogen) atoms. The van der Waals surface area contributed by atoms with Crippen molar-refractivity contribution in [3.05, 3.63) is 57.7 Å². The maximum absolute atomic E-state index is 12.3. The standard InChI is InChI=1S/C25H27NO7/c1-14(5-9-21(27)26-11-16-6-8-19-20(10-16)33-13-32-19)4-7-17-23(28)22-18(12-31-25(22)29)15(2)24(17)30-3/h4,6,8,10,28H,5,7,9,11-13H2,1-3H3,(H,26,27). The van der Waals surface area contributed by atoms with E-state index in [1.165, 1.54) is 7.11 Å². The minimum Gasteiger partial charge on any atom is -0.507 e. The lowest BCUT2D eigenvalue weighted by atomic mass is 9.94. The molecular formula is C25H27NO7. The molecule has 2 aromatic carbocycles. The van der Waals surface area contributed by atoms with Gasteiger partial charge in [0.25, 0.3) is 0 Å². The number of ether oxygens (including phenoxy) is 4. The number of benzene rings is 2. The normalized spacial score (nSPS) is 14.2. The molecule has 8 heteroatoms.